The molecular weight excluding hydrogens is 322 g/mol. The molecule has 0 bridgehead atoms. The smallest absolute Gasteiger partial charge is 0.240 e. The van der Waals surface area contributed by atoms with Gasteiger partial charge in [0, 0.05) is 23.4 Å². The molecule has 0 aliphatic rings. The Kier molecular flexibility index (Phi) is 7.04. The maximum absolute atomic E-state index is 11.7. The van der Waals surface area contributed by atoms with E-state index in [2.05, 4.69) is 15.8 Å². The summed E-state index contributed by atoms with van der Waals surface area (Å²) in [5.74, 6) is -0.497. The minimum Gasteiger partial charge on any atom is -0.326 e. The minimum absolute atomic E-state index is 0.0847. The molecule has 0 radical (unpaired) electrons. The van der Waals surface area contributed by atoms with Gasteiger partial charge in [-0.2, -0.15) is 5.10 Å². The molecule has 0 atom stereocenters. The second-order valence-corrected chi connectivity index (χ2v) is 5.86. The number of carbonyl (C=O) groups excluding carboxylic acids is 2. The highest BCUT2D eigenvalue weighted by Crippen LogP contribution is 2.13. The van der Waals surface area contributed by atoms with Crippen LogP contribution in [-0.4, -0.2) is 24.3 Å². The van der Waals surface area contributed by atoms with Crippen LogP contribution in [0.15, 0.2) is 64.6 Å². The Hall–Kier alpha value is -2.60. The lowest BCUT2D eigenvalue weighted by Crippen LogP contribution is -2.20. The number of hydrazone groups is 1. The number of hydrogen-bond donors (Lipinski definition) is 2. The average Bonchev–Trinajstić information content (AvgIpc) is 2.61. The van der Waals surface area contributed by atoms with Crippen molar-refractivity contribution in [1.29, 1.82) is 0 Å². The highest BCUT2D eigenvalue weighted by atomic mass is 32.2. The molecule has 0 aliphatic carbocycles. The van der Waals surface area contributed by atoms with Crippen LogP contribution in [-0.2, 0) is 9.59 Å². The van der Waals surface area contributed by atoms with Crippen molar-refractivity contribution in [3.63, 3.8) is 0 Å². The van der Waals surface area contributed by atoms with Crippen LogP contribution in [0.2, 0.25) is 0 Å². The molecule has 0 saturated heterocycles. The third-order valence-corrected chi connectivity index (χ3v) is 3.90. The highest BCUT2D eigenvalue weighted by molar-refractivity contribution is 7.98. The monoisotopic (exact) mass is 341 g/mol. The number of nitrogens with one attached hydrogen (secondary N) is 2. The van der Waals surface area contributed by atoms with Crippen LogP contribution in [0, 0.1) is 0 Å². The van der Waals surface area contributed by atoms with Crippen molar-refractivity contribution >= 4 is 35.5 Å². The van der Waals surface area contributed by atoms with Crippen LogP contribution < -0.4 is 10.7 Å². The number of hydrogen-bond acceptors (Lipinski definition) is 4. The van der Waals surface area contributed by atoms with E-state index in [1.807, 2.05) is 48.7 Å². The lowest BCUT2D eigenvalue weighted by Gasteiger charge is -2.04. The van der Waals surface area contributed by atoms with E-state index in [-0.39, 0.29) is 24.7 Å². The number of thioether (sulfide) groups is 1. The fourth-order valence-electron chi connectivity index (χ4n) is 1.90. The lowest BCUT2D eigenvalue weighted by molar-refractivity contribution is -0.124. The first kappa shape index (κ1) is 17.7. The van der Waals surface area contributed by atoms with Gasteiger partial charge < -0.3 is 5.32 Å². The summed E-state index contributed by atoms with van der Waals surface area (Å²) in [6.07, 6.45) is 3.78. The molecule has 0 spiro atoms. The third-order valence-electron chi connectivity index (χ3n) is 3.16. The fourth-order valence-corrected chi connectivity index (χ4v) is 2.30. The molecule has 0 aliphatic heterocycles. The van der Waals surface area contributed by atoms with Crippen molar-refractivity contribution < 1.29 is 9.59 Å². The Labute approximate surface area is 145 Å². The van der Waals surface area contributed by atoms with Crippen LogP contribution in [0.25, 0.3) is 0 Å². The van der Waals surface area contributed by atoms with Crippen LogP contribution in [0.5, 0.6) is 0 Å². The molecule has 2 amide bonds. The van der Waals surface area contributed by atoms with Crippen molar-refractivity contribution in [3.8, 4) is 0 Å². The molecule has 0 saturated carbocycles. The van der Waals surface area contributed by atoms with Crippen LogP contribution in [0.4, 0.5) is 5.69 Å². The zero-order chi connectivity index (χ0) is 17.2. The maximum Gasteiger partial charge on any atom is 0.240 e. The number of benzene rings is 2. The molecule has 5 nitrogen and oxygen atoms in total. The summed E-state index contributed by atoms with van der Waals surface area (Å²) >= 11 is 1.66. The molecule has 24 heavy (non-hydrogen) atoms. The first-order valence-corrected chi connectivity index (χ1v) is 8.71. The topological polar surface area (TPSA) is 70.6 Å². The molecule has 2 aromatic carbocycles. The number of amides is 2. The largest absolute Gasteiger partial charge is 0.326 e. The van der Waals surface area contributed by atoms with Gasteiger partial charge in [-0.3, -0.25) is 9.59 Å². The standard InChI is InChI=1S/C18H19N3O2S/c1-24-16-9-7-14(8-10-16)13-19-21-18(23)12-11-17(22)20-15-5-3-2-4-6-15/h2-10,13H,11-12H2,1H3,(H,20,22)(H,21,23). The van der Waals surface area contributed by atoms with Crippen molar-refractivity contribution in [2.75, 3.05) is 11.6 Å². The first-order chi connectivity index (χ1) is 11.7. The summed E-state index contributed by atoms with van der Waals surface area (Å²) in [5.41, 5.74) is 4.04. The van der Waals surface area contributed by atoms with Crippen molar-refractivity contribution in [2.24, 2.45) is 5.10 Å². The van der Waals surface area contributed by atoms with Gasteiger partial charge >= 0.3 is 0 Å². The molecule has 6 heteroatoms. The van der Waals surface area contributed by atoms with Crippen LogP contribution in [0.1, 0.15) is 18.4 Å². The van der Waals surface area contributed by atoms with E-state index in [1.165, 1.54) is 4.90 Å². The Balaban J connectivity index is 1.70. The third kappa shape index (κ3) is 6.26. The van der Waals surface area contributed by atoms with Crippen LogP contribution >= 0.6 is 11.8 Å². The van der Waals surface area contributed by atoms with Gasteiger partial charge in [0.25, 0.3) is 0 Å². The van der Waals surface area contributed by atoms with E-state index in [0.29, 0.717) is 0 Å². The Morgan fingerprint density at radius 3 is 2.33 bits per heavy atom. The van der Waals surface area contributed by atoms with Crippen molar-refractivity contribution in [1.82, 2.24) is 5.43 Å². The van der Waals surface area contributed by atoms with Crippen LogP contribution in [0.3, 0.4) is 0 Å². The van der Waals surface area contributed by atoms with E-state index in [9.17, 15) is 9.59 Å². The molecule has 2 aromatic rings. The van der Waals surface area contributed by atoms with E-state index >= 15 is 0 Å². The van der Waals surface area contributed by atoms with Gasteiger partial charge in [0.2, 0.25) is 11.8 Å². The summed E-state index contributed by atoms with van der Waals surface area (Å²) in [7, 11) is 0. The summed E-state index contributed by atoms with van der Waals surface area (Å²) in [6.45, 7) is 0. The summed E-state index contributed by atoms with van der Waals surface area (Å²) in [4.78, 5) is 24.6. The summed E-state index contributed by atoms with van der Waals surface area (Å²) < 4.78 is 0. The zero-order valence-electron chi connectivity index (χ0n) is 13.4. The average molecular weight is 341 g/mol. The molecule has 2 N–H and O–H groups in total. The zero-order valence-corrected chi connectivity index (χ0v) is 14.2. The van der Waals surface area contributed by atoms with Gasteiger partial charge in [-0.1, -0.05) is 30.3 Å². The predicted octanol–water partition coefficient (Wildman–Crippen LogP) is 3.28. The number of carbonyl (C=O) groups is 2. The molecule has 0 unspecified atom stereocenters. The Morgan fingerprint density at radius 1 is 1.00 bits per heavy atom. The van der Waals surface area contributed by atoms with E-state index < -0.39 is 0 Å². The fraction of sp³-hybridized carbons (Fsp3) is 0.167. The molecule has 2 rings (SSSR count). The van der Waals surface area contributed by atoms with Gasteiger partial charge in [0.05, 0.1) is 6.21 Å². The van der Waals surface area contributed by atoms with Crippen molar-refractivity contribution in [3.05, 3.63) is 60.2 Å². The number of para-hydroxylation sites is 1. The molecule has 124 valence electrons. The summed E-state index contributed by atoms with van der Waals surface area (Å²) in [5, 5.41) is 6.63. The second kappa shape index (κ2) is 9.52. The molecule has 0 fully saturated rings. The second-order valence-electron chi connectivity index (χ2n) is 4.98. The normalized spacial score (nSPS) is 10.5. The van der Waals surface area contributed by atoms with E-state index in [0.717, 1.165) is 11.3 Å². The van der Waals surface area contributed by atoms with E-state index in [4.69, 9.17) is 0 Å². The molecule has 0 heterocycles. The van der Waals surface area contributed by atoms with E-state index in [1.54, 1.807) is 30.1 Å². The Bertz CT molecular complexity index is 700. The minimum atomic E-state index is -0.296. The lowest BCUT2D eigenvalue weighted by atomic mass is 10.2. The van der Waals surface area contributed by atoms with Crippen molar-refractivity contribution in [2.45, 2.75) is 17.7 Å². The van der Waals surface area contributed by atoms with Gasteiger partial charge in [-0.25, -0.2) is 5.43 Å². The number of anilines is 1. The highest BCUT2D eigenvalue weighted by Gasteiger charge is 2.06. The maximum atomic E-state index is 11.7. The van der Waals surface area contributed by atoms with Gasteiger partial charge in [-0.05, 0) is 36.1 Å². The SMILES string of the molecule is CSc1ccc(C=NNC(=O)CCC(=O)Nc2ccccc2)cc1. The number of nitrogens with zero attached hydrogens (tertiary/aromatic N) is 1. The van der Waals surface area contributed by atoms with Gasteiger partial charge in [0.1, 0.15) is 0 Å². The first-order valence-electron chi connectivity index (χ1n) is 7.48. The summed E-state index contributed by atoms with van der Waals surface area (Å²) in [6, 6.07) is 17.0. The molecular formula is C18H19N3O2S. The number of rotatable bonds is 7. The van der Waals surface area contributed by atoms with Gasteiger partial charge in [0.15, 0.2) is 0 Å². The quantitative estimate of drug-likeness (QED) is 0.461. The Morgan fingerprint density at radius 2 is 1.67 bits per heavy atom. The predicted molar refractivity (Wildman–Crippen MR) is 98.3 cm³/mol. The van der Waals surface area contributed by atoms with Gasteiger partial charge in [-0.15, -0.1) is 11.8 Å². The molecule has 0 aromatic heterocycles.